The highest BCUT2D eigenvalue weighted by atomic mass is 32.1. The molecule has 0 aliphatic rings. The molecule has 0 fully saturated rings. The normalized spacial score (nSPS) is 9.94. The van der Waals surface area contributed by atoms with Gasteiger partial charge in [-0.3, -0.25) is 0 Å². The van der Waals surface area contributed by atoms with E-state index in [2.05, 4.69) is 11.8 Å². The molecule has 0 bridgehead atoms. The molecule has 17 heavy (non-hydrogen) atoms. The van der Waals surface area contributed by atoms with Crippen LogP contribution >= 0.6 is 11.3 Å². The number of ether oxygens (including phenoxy) is 1. The summed E-state index contributed by atoms with van der Waals surface area (Å²) in [6.07, 6.45) is 1.63. The van der Waals surface area contributed by atoms with Crippen molar-refractivity contribution in [3.05, 3.63) is 46.0 Å². The van der Waals surface area contributed by atoms with E-state index in [1.807, 2.05) is 23.6 Å². The van der Waals surface area contributed by atoms with Crippen LogP contribution < -0.4 is 0 Å². The molecule has 0 radical (unpaired) electrons. The molecule has 0 atom stereocenters. The first-order chi connectivity index (χ1) is 8.38. The fourth-order valence-electron chi connectivity index (χ4n) is 1.31. The van der Waals surface area contributed by atoms with Crippen molar-refractivity contribution in [1.29, 1.82) is 0 Å². The lowest BCUT2D eigenvalue weighted by Crippen LogP contribution is -1.90. The minimum atomic E-state index is -0.111. The van der Waals surface area contributed by atoms with Crippen LogP contribution in [-0.4, -0.2) is 11.7 Å². The second kappa shape index (κ2) is 6.26. The van der Waals surface area contributed by atoms with Crippen LogP contribution in [-0.2, 0) is 18.0 Å². The maximum absolute atomic E-state index is 8.58. The molecule has 0 unspecified atom stereocenters. The number of thiophene rings is 1. The third kappa shape index (κ3) is 3.75. The Morgan fingerprint density at radius 3 is 3.12 bits per heavy atom. The summed E-state index contributed by atoms with van der Waals surface area (Å²) >= 11 is 1.60. The standard InChI is InChI=1S/C13H12O3S/c14-5-1-3-11-7-13(17-10-11)9-15-8-12-4-2-6-16-12/h2,4,6-7,10,14H,5,8-9H2. The van der Waals surface area contributed by atoms with Crippen LogP contribution in [0.1, 0.15) is 16.2 Å². The second-order valence-corrected chi connectivity index (χ2v) is 4.33. The van der Waals surface area contributed by atoms with E-state index >= 15 is 0 Å². The fourth-order valence-corrected chi connectivity index (χ4v) is 2.06. The number of aliphatic hydroxyl groups is 1. The average Bonchev–Trinajstić information content (AvgIpc) is 2.98. The Morgan fingerprint density at radius 1 is 1.41 bits per heavy atom. The monoisotopic (exact) mass is 248 g/mol. The van der Waals surface area contributed by atoms with E-state index in [1.54, 1.807) is 17.6 Å². The summed E-state index contributed by atoms with van der Waals surface area (Å²) in [4.78, 5) is 1.11. The lowest BCUT2D eigenvalue weighted by molar-refractivity contribution is 0.0948. The molecule has 0 aromatic carbocycles. The predicted octanol–water partition coefficient (Wildman–Crippen LogP) is 2.40. The molecule has 2 aromatic rings. The Morgan fingerprint density at radius 2 is 2.35 bits per heavy atom. The zero-order valence-electron chi connectivity index (χ0n) is 9.18. The van der Waals surface area contributed by atoms with Gasteiger partial charge in [0, 0.05) is 15.8 Å². The van der Waals surface area contributed by atoms with Crippen molar-refractivity contribution >= 4 is 11.3 Å². The Bertz CT molecular complexity index is 502. The molecule has 0 spiro atoms. The molecule has 2 rings (SSSR count). The third-order valence-corrected chi connectivity index (χ3v) is 2.94. The molecule has 0 saturated carbocycles. The van der Waals surface area contributed by atoms with Crippen molar-refractivity contribution in [2.24, 2.45) is 0 Å². The van der Waals surface area contributed by atoms with Gasteiger partial charge in [-0.05, 0) is 18.2 Å². The zero-order chi connectivity index (χ0) is 11.9. The molecule has 88 valence electrons. The summed E-state index contributed by atoms with van der Waals surface area (Å²) in [6, 6.07) is 5.69. The summed E-state index contributed by atoms with van der Waals surface area (Å²) < 4.78 is 10.7. The van der Waals surface area contributed by atoms with Crippen LogP contribution in [0, 0.1) is 11.8 Å². The number of hydrogen-bond acceptors (Lipinski definition) is 4. The number of rotatable bonds is 4. The van der Waals surface area contributed by atoms with Gasteiger partial charge in [0.15, 0.2) is 0 Å². The van der Waals surface area contributed by atoms with Gasteiger partial charge in [0.05, 0.1) is 12.9 Å². The molecule has 0 saturated heterocycles. The van der Waals surface area contributed by atoms with Crippen LogP contribution in [0.4, 0.5) is 0 Å². The molecular weight excluding hydrogens is 236 g/mol. The van der Waals surface area contributed by atoms with E-state index in [0.29, 0.717) is 13.2 Å². The average molecular weight is 248 g/mol. The Hall–Kier alpha value is -1.54. The topological polar surface area (TPSA) is 42.6 Å². The Balaban J connectivity index is 1.81. The number of furan rings is 1. The summed E-state index contributed by atoms with van der Waals surface area (Å²) in [5.41, 5.74) is 0.917. The van der Waals surface area contributed by atoms with Crippen LogP contribution in [0.3, 0.4) is 0 Å². The van der Waals surface area contributed by atoms with Gasteiger partial charge in [-0.25, -0.2) is 0 Å². The van der Waals surface area contributed by atoms with Gasteiger partial charge in [-0.2, -0.15) is 0 Å². The first kappa shape index (κ1) is 11.9. The lowest BCUT2D eigenvalue weighted by Gasteiger charge is -1.98. The fraction of sp³-hybridized carbons (Fsp3) is 0.231. The summed E-state index contributed by atoms with van der Waals surface area (Å²) in [6.45, 7) is 0.912. The van der Waals surface area contributed by atoms with Gasteiger partial charge in [0.2, 0.25) is 0 Å². The van der Waals surface area contributed by atoms with E-state index in [-0.39, 0.29) is 6.61 Å². The minimum absolute atomic E-state index is 0.111. The first-order valence-corrected chi connectivity index (χ1v) is 6.03. The smallest absolute Gasteiger partial charge is 0.129 e. The second-order valence-electron chi connectivity index (χ2n) is 3.33. The van der Waals surface area contributed by atoms with Crippen LogP contribution in [0.15, 0.2) is 34.3 Å². The Labute approximate surface area is 104 Å². The molecule has 4 heteroatoms. The molecule has 0 amide bonds. The van der Waals surface area contributed by atoms with Gasteiger partial charge in [-0.1, -0.05) is 11.8 Å². The SMILES string of the molecule is OCC#Cc1csc(COCc2ccco2)c1. The van der Waals surface area contributed by atoms with Crippen molar-refractivity contribution in [2.45, 2.75) is 13.2 Å². The first-order valence-electron chi connectivity index (χ1n) is 5.16. The van der Waals surface area contributed by atoms with Crippen molar-refractivity contribution in [1.82, 2.24) is 0 Å². The van der Waals surface area contributed by atoms with E-state index in [4.69, 9.17) is 14.3 Å². The van der Waals surface area contributed by atoms with Crippen LogP contribution in [0.2, 0.25) is 0 Å². The van der Waals surface area contributed by atoms with Crippen LogP contribution in [0.5, 0.6) is 0 Å². The predicted molar refractivity (Wildman–Crippen MR) is 65.5 cm³/mol. The lowest BCUT2D eigenvalue weighted by atomic mass is 10.3. The quantitative estimate of drug-likeness (QED) is 0.845. The third-order valence-electron chi connectivity index (χ3n) is 2.03. The highest BCUT2D eigenvalue weighted by Crippen LogP contribution is 2.15. The molecular formula is C13H12O3S. The van der Waals surface area contributed by atoms with E-state index in [9.17, 15) is 0 Å². The van der Waals surface area contributed by atoms with Crippen molar-refractivity contribution in [3.8, 4) is 11.8 Å². The summed E-state index contributed by atoms with van der Waals surface area (Å²) in [7, 11) is 0. The van der Waals surface area contributed by atoms with Crippen molar-refractivity contribution in [3.63, 3.8) is 0 Å². The van der Waals surface area contributed by atoms with Crippen LogP contribution in [0.25, 0.3) is 0 Å². The van der Waals surface area contributed by atoms with Gasteiger partial charge >= 0.3 is 0 Å². The summed E-state index contributed by atoms with van der Waals surface area (Å²) in [5, 5.41) is 10.5. The molecule has 0 aliphatic carbocycles. The van der Waals surface area contributed by atoms with E-state index in [1.165, 1.54) is 0 Å². The Kier molecular flexibility index (Phi) is 4.39. The molecule has 2 heterocycles. The number of aliphatic hydroxyl groups excluding tert-OH is 1. The van der Waals surface area contributed by atoms with E-state index < -0.39 is 0 Å². The maximum atomic E-state index is 8.58. The minimum Gasteiger partial charge on any atom is -0.467 e. The molecule has 3 nitrogen and oxygen atoms in total. The zero-order valence-corrected chi connectivity index (χ0v) is 10.00. The van der Waals surface area contributed by atoms with Crippen molar-refractivity contribution in [2.75, 3.05) is 6.61 Å². The molecule has 0 aliphatic heterocycles. The van der Waals surface area contributed by atoms with Gasteiger partial charge in [0.1, 0.15) is 19.0 Å². The molecule has 1 N–H and O–H groups in total. The van der Waals surface area contributed by atoms with Gasteiger partial charge < -0.3 is 14.3 Å². The van der Waals surface area contributed by atoms with E-state index in [0.717, 1.165) is 16.2 Å². The number of hydrogen-bond donors (Lipinski definition) is 1. The van der Waals surface area contributed by atoms with Gasteiger partial charge in [0.25, 0.3) is 0 Å². The largest absolute Gasteiger partial charge is 0.467 e. The maximum Gasteiger partial charge on any atom is 0.129 e. The molecule has 2 aromatic heterocycles. The highest BCUT2D eigenvalue weighted by molar-refractivity contribution is 7.10. The van der Waals surface area contributed by atoms with Gasteiger partial charge in [-0.15, -0.1) is 11.3 Å². The van der Waals surface area contributed by atoms with Crippen molar-refractivity contribution < 1.29 is 14.3 Å². The highest BCUT2D eigenvalue weighted by Gasteiger charge is 2.00. The summed E-state index contributed by atoms with van der Waals surface area (Å²) in [5.74, 6) is 6.29.